The van der Waals surface area contributed by atoms with Gasteiger partial charge < -0.3 is 4.98 Å². The van der Waals surface area contributed by atoms with Gasteiger partial charge in [0, 0.05) is 6.92 Å². The number of H-pyrrole nitrogens is 1. The second-order valence-corrected chi connectivity index (χ2v) is 3.86. The summed E-state index contributed by atoms with van der Waals surface area (Å²) >= 11 is 3.23. The first-order valence-corrected chi connectivity index (χ1v) is 4.91. The third kappa shape index (κ3) is 1.43. The zero-order valence-electron chi connectivity index (χ0n) is 7.76. The molecule has 0 bridgehead atoms. The van der Waals surface area contributed by atoms with E-state index in [-0.39, 0.29) is 5.78 Å². The Hall–Kier alpha value is -1.23. The summed E-state index contributed by atoms with van der Waals surface area (Å²) in [5.41, 5.74) is 2.86. The molecule has 0 saturated heterocycles. The zero-order valence-corrected chi connectivity index (χ0v) is 9.34. The van der Waals surface area contributed by atoms with E-state index >= 15 is 0 Å². The van der Waals surface area contributed by atoms with Crippen molar-refractivity contribution < 1.29 is 4.79 Å². The normalized spacial score (nSPS) is 10.8. The second-order valence-electron chi connectivity index (χ2n) is 3.11. The van der Waals surface area contributed by atoms with Crippen molar-refractivity contribution in [2.24, 2.45) is 0 Å². The van der Waals surface area contributed by atoms with Crippen LogP contribution in [0.5, 0.6) is 0 Å². The first-order chi connectivity index (χ1) is 6.58. The lowest BCUT2D eigenvalue weighted by Gasteiger charge is -1.97. The number of nitrogens with one attached hydrogen (secondary N) is 1. The Balaban J connectivity index is 2.77. The Morgan fingerprint density at radius 1 is 1.50 bits per heavy atom. The fraction of sp³-hybridized carbons (Fsp3) is 0.222. The van der Waals surface area contributed by atoms with Gasteiger partial charge in [0.25, 0.3) is 0 Å². The number of hydrogen-bond acceptors (Lipinski definition) is 3. The standard InChI is InChI=1S/C9H8BrN3O/c1-4-3-6(5(2)14)11-8-7(4)12-9(10)13-8/h3H,1-2H3,(H,11,12,13). The maximum atomic E-state index is 11.1. The summed E-state index contributed by atoms with van der Waals surface area (Å²) in [4.78, 5) is 22.4. The number of fused-ring (bicyclic) bond motifs is 1. The number of carbonyl (C=O) groups is 1. The Kier molecular flexibility index (Phi) is 2.11. The van der Waals surface area contributed by atoms with Crippen molar-refractivity contribution >= 4 is 32.9 Å². The average molecular weight is 254 g/mol. The summed E-state index contributed by atoms with van der Waals surface area (Å²) in [6.07, 6.45) is 0. The molecule has 5 heteroatoms. The SMILES string of the molecule is CC(=O)c1cc(C)c2[nH]c(Br)nc2n1. The molecule has 4 nitrogen and oxygen atoms in total. The highest BCUT2D eigenvalue weighted by molar-refractivity contribution is 9.10. The van der Waals surface area contributed by atoms with Crippen LogP contribution in [0.25, 0.3) is 11.2 Å². The molecule has 0 aliphatic rings. The molecule has 0 fully saturated rings. The number of hydrogen-bond donors (Lipinski definition) is 1. The summed E-state index contributed by atoms with van der Waals surface area (Å²) in [7, 11) is 0. The highest BCUT2D eigenvalue weighted by atomic mass is 79.9. The number of pyridine rings is 1. The van der Waals surface area contributed by atoms with Gasteiger partial charge in [0.1, 0.15) is 5.69 Å². The molecule has 2 aromatic heterocycles. The number of nitrogens with zero attached hydrogens (tertiary/aromatic N) is 2. The molecule has 2 rings (SSSR count). The number of carbonyl (C=O) groups excluding carboxylic acids is 1. The average Bonchev–Trinajstić information content (AvgIpc) is 2.45. The monoisotopic (exact) mass is 253 g/mol. The molecular weight excluding hydrogens is 246 g/mol. The van der Waals surface area contributed by atoms with Crippen LogP contribution in [0, 0.1) is 6.92 Å². The van der Waals surface area contributed by atoms with E-state index in [1.807, 2.05) is 6.92 Å². The highest BCUT2D eigenvalue weighted by Crippen LogP contribution is 2.17. The Bertz CT molecular complexity index is 518. The van der Waals surface area contributed by atoms with Crippen molar-refractivity contribution in [1.29, 1.82) is 0 Å². The number of halogens is 1. The summed E-state index contributed by atoms with van der Waals surface area (Å²) in [5.74, 6) is -0.0471. The van der Waals surface area contributed by atoms with Gasteiger partial charge in [-0.2, -0.15) is 0 Å². The van der Waals surface area contributed by atoms with E-state index < -0.39 is 0 Å². The van der Waals surface area contributed by atoms with Crippen molar-refractivity contribution in [3.63, 3.8) is 0 Å². The van der Waals surface area contributed by atoms with E-state index in [0.717, 1.165) is 11.1 Å². The van der Waals surface area contributed by atoms with Crippen molar-refractivity contribution in [3.8, 4) is 0 Å². The molecule has 0 aliphatic heterocycles. The van der Waals surface area contributed by atoms with E-state index in [4.69, 9.17) is 0 Å². The molecule has 2 heterocycles. The molecule has 0 saturated carbocycles. The topological polar surface area (TPSA) is 58.6 Å². The molecular formula is C9H8BrN3O. The number of aryl methyl sites for hydroxylation is 1. The van der Waals surface area contributed by atoms with Gasteiger partial charge in [-0.1, -0.05) is 0 Å². The quantitative estimate of drug-likeness (QED) is 0.794. The number of aromatic nitrogens is 3. The fourth-order valence-electron chi connectivity index (χ4n) is 1.30. The number of imidazole rings is 1. The summed E-state index contributed by atoms with van der Waals surface area (Å²) < 4.78 is 0.629. The van der Waals surface area contributed by atoms with E-state index in [0.29, 0.717) is 16.1 Å². The molecule has 72 valence electrons. The van der Waals surface area contributed by atoms with Gasteiger partial charge in [0.15, 0.2) is 16.2 Å². The minimum Gasteiger partial charge on any atom is -0.331 e. The van der Waals surface area contributed by atoms with E-state index in [1.165, 1.54) is 6.92 Å². The van der Waals surface area contributed by atoms with Crippen LogP contribution < -0.4 is 0 Å². The lowest BCUT2D eigenvalue weighted by molar-refractivity contribution is 0.101. The third-order valence-corrected chi connectivity index (χ3v) is 2.37. The molecule has 0 unspecified atom stereocenters. The number of rotatable bonds is 1. The first kappa shape index (κ1) is 9.33. The van der Waals surface area contributed by atoms with Crippen LogP contribution in [0.15, 0.2) is 10.8 Å². The van der Waals surface area contributed by atoms with Crippen molar-refractivity contribution in [2.45, 2.75) is 13.8 Å². The van der Waals surface area contributed by atoms with E-state index in [1.54, 1.807) is 6.07 Å². The Morgan fingerprint density at radius 2 is 2.21 bits per heavy atom. The number of Topliss-reactive ketones (excluding diaryl/α,β-unsaturated/α-hetero) is 1. The molecule has 0 aliphatic carbocycles. The number of ketones is 1. The molecule has 0 radical (unpaired) electrons. The van der Waals surface area contributed by atoms with Crippen LogP contribution in [0.1, 0.15) is 23.0 Å². The molecule has 0 aromatic carbocycles. The smallest absolute Gasteiger partial charge is 0.179 e. The fourth-order valence-corrected chi connectivity index (χ4v) is 1.66. The molecule has 14 heavy (non-hydrogen) atoms. The van der Waals surface area contributed by atoms with Crippen molar-refractivity contribution in [1.82, 2.24) is 15.0 Å². The molecule has 1 N–H and O–H groups in total. The van der Waals surface area contributed by atoms with Gasteiger partial charge in [-0.05, 0) is 34.5 Å². The summed E-state index contributed by atoms with van der Waals surface area (Å²) in [6, 6.07) is 1.76. The third-order valence-electron chi connectivity index (χ3n) is 1.99. The van der Waals surface area contributed by atoms with E-state index in [9.17, 15) is 4.79 Å². The minimum atomic E-state index is -0.0471. The second kappa shape index (κ2) is 3.16. The van der Waals surface area contributed by atoms with Crippen LogP contribution in [0.2, 0.25) is 0 Å². The Labute approximate surface area is 88.9 Å². The maximum absolute atomic E-state index is 11.1. The predicted octanol–water partition coefficient (Wildman–Crippen LogP) is 2.23. The number of aromatic amines is 1. The largest absolute Gasteiger partial charge is 0.331 e. The van der Waals surface area contributed by atoms with Crippen LogP contribution in [0.4, 0.5) is 0 Å². The van der Waals surface area contributed by atoms with Crippen molar-refractivity contribution in [2.75, 3.05) is 0 Å². The van der Waals surface area contributed by atoms with Gasteiger partial charge in [-0.15, -0.1) is 0 Å². The van der Waals surface area contributed by atoms with E-state index in [2.05, 4.69) is 30.9 Å². The predicted molar refractivity (Wildman–Crippen MR) is 56.3 cm³/mol. The zero-order chi connectivity index (χ0) is 10.3. The highest BCUT2D eigenvalue weighted by Gasteiger charge is 2.09. The van der Waals surface area contributed by atoms with Crippen LogP contribution in [0.3, 0.4) is 0 Å². The molecule has 0 spiro atoms. The Morgan fingerprint density at radius 3 is 2.86 bits per heavy atom. The maximum Gasteiger partial charge on any atom is 0.179 e. The van der Waals surface area contributed by atoms with Gasteiger partial charge in [-0.25, -0.2) is 9.97 Å². The minimum absolute atomic E-state index is 0.0471. The molecule has 0 atom stereocenters. The lowest BCUT2D eigenvalue weighted by atomic mass is 10.2. The van der Waals surface area contributed by atoms with Crippen LogP contribution >= 0.6 is 15.9 Å². The van der Waals surface area contributed by atoms with Crippen LogP contribution in [-0.4, -0.2) is 20.7 Å². The van der Waals surface area contributed by atoms with Gasteiger partial charge >= 0.3 is 0 Å². The van der Waals surface area contributed by atoms with Crippen molar-refractivity contribution in [3.05, 3.63) is 22.1 Å². The lowest BCUT2D eigenvalue weighted by Crippen LogP contribution is -1.97. The molecule has 2 aromatic rings. The summed E-state index contributed by atoms with van der Waals surface area (Å²) in [6.45, 7) is 3.41. The first-order valence-electron chi connectivity index (χ1n) is 4.11. The van der Waals surface area contributed by atoms with Crippen LogP contribution in [-0.2, 0) is 0 Å². The van der Waals surface area contributed by atoms with Gasteiger partial charge in [0.2, 0.25) is 0 Å². The van der Waals surface area contributed by atoms with Gasteiger partial charge in [0.05, 0.1) is 5.52 Å². The summed E-state index contributed by atoms with van der Waals surface area (Å²) in [5, 5.41) is 0. The van der Waals surface area contributed by atoms with Gasteiger partial charge in [-0.3, -0.25) is 4.79 Å². The molecule has 0 amide bonds.